The predicted molar refractivity (Wildman–Crippen MR) is 68.3 cm³/mol. The van der Waals surface area contributed by atoms with Crippen LogP contribution in [0.5, 0.6) is 5.75 Å². The zero-order valence-electron chi connectivity index (χ0n) is 10.7. The highest BCUT2D eigenvalue weighted by Crippen LogP contribution is 2.35. The number of benzene rings is 1. The van der Waals surface area contributed by atoms with Crippen LogP contribution in [0.3, 0.4) is 0 Å². The Kier molecular flexibility index (Phi) is 4.30. The summed E-state index contributed by atoms with van der Waals surface area (Å²) in [7, 11) is 0. The first-order chi connectivity index (χ1) is 10.2. The first-order valence-corrected chi connectivity index (χ1v) is 6.23. The number of hydrogen-bond donors (Lipinski definition) is 2. The molecule has 1 heterocycles. The van der Waals surface area contributed by atoms with Crippen LogP contribution in [0, 0.1) is 0 Å². The number of carbonyl (C=O) groups is 1. The zero-order chi connectivity index (χ0) is 16.7. The van der Waals surface area contributed by atoms with Gasteiger partial charge in [0.05, 0.1) is 5.56 Å². The fraction of sp³-hybridized carbons (Fsp3) is 0.333. The van der Waals surface area contributed by atoms with E-state index < -0.39 is 47.9 Å². The summed E-state index contributed by atoms with van der Waals surface area (Å²) in [5.74, 6) is -2.01. The number of nitrogens with zero attached hydrogens (tertiary/aromatic N) is 2. The lowest BCUT2D eigenvalue weighted by molar-refractivity contribution is -0.164. The van der Waals surface area contributed by atoms with Gasteiger partial charge in [0.25, 0.3) is 18.8 Å². The fourth-order valence-corrected chi connectivity index (χ4v) is 2.07. The number of phenolic OH excluding ortho intramolecular Hbond substituents is 1. The van der Waals surface area contributed by atoms with Crippen LogP contribution in [0.25, 0.3) is 0 Å². The molecule has 22 heavy (non-hydrogen) atoms. The second-order valence-corrected chi connectivity index (χ2v) is 4.96. The SMILES string of the molecule is O=C(c1ccc(Cl)cc1O)N1N=C(C(F)F)C[C@@]1(O)C(F)F. The third-order valence-electron chi connectivity index (χ3n) is 3.02. The molecule has 5 nitrogen and oxygen atoms in total. The van der Waals surface area contributed by atoms with Gasteiger partial charge in [-0.05, 0) is 18.2 Å². The summed E-state index contributed by atoms with van der Waals surface area (Å²) in [6, 6.07) is 3.15. The van der Waals surface area contributed by atoms with Crippen molar-refractivity contribution >= 4 is 23.2 Å². The van der Waals surface area contributed by atoms with Crippen molar-refractivity contribution in [2.24, 2.45) is 5.10 Å². The van der Waals surface area contributed by atoms with Gasteiger partial charge in [-0.25, -0.2) is 17.6 Å². The van der Waals surface area contributed by atoms with Gasteiger partial charge in [-0.2, -0.15) is 10.1 Å². The Labute approximate surface area is 126 Å². The minimum absolute atomic E-state index is 0.0661. The van der Waals surface area contributed by atoms with Gasteiger partial charge in [0.15, 0.2) is 0 Å². The van der Waals surface area contributed by atoms with Crippen molar-refractivity contribution in [3.63, 3.8) is 0 Å². The Hall–Kier alpha value is -1.87. The molecule has 0 radical (unpaired) electrons. The second-order valence-electron chi connectivity index (χ2n) is 4.53. The average Bonchev–Trinajstić information content (AvgIpc) is 2.78. The number of amides is 1. The molecule has 0 aliphatic carbocycles. The minimum atomic E-state index is -3.54. The third kappa shape index (κ3) is 2.73. The van der Waals surface area contributed by atoms with E-state index in [2.05, 4.69) is 5.10 Å². The molecule has 0 saturated carbocycles. The molecule has 1 atom stereocenters. The zero-order valence-corrected chi connectivity index (χ0v) is 11.4. The maximum Gasteiger partial charge on any atom is 0.287 e. The Morgan fingerprint density at radius 1 is 1.36 bits per heavy atom. The lowest BCUT2D eigenvalue weighted by Crippen LogP contribution is -2.51. The highest BCUT2D eigenvalue weighted by atomic mass is 35.5. The van der Waals surface area contributed by atoms with E-state index in [1.807, 2.05) is 0 Å². The molecule has 10 heteroatoms. The lowest BCUT2D eigenvalue weighted by Gasteiger charge is -2.30. The van der Waals surface area contributed by atoms with Crippen molar-refractivity contribution in [2.45, 2.75) is 25.0 Å². The van der Waals surface area contributed by atoms with E-state index >= 15 is 0 Å². The molecular weight excluding hydrogens is 332 g/mol. The molecule has 0 aromatic heterocycles. The van der Waals surface area contributed by atoms with Crippen molar-refractivity contribution < 1.29 is 32.6 Å². The summed E-state index contributed by atoms with van der Waals surface area (Å²) in [5, 5.41) is 22.4. The second kappa shape index (κ2) is 5.73. The molecule has 1 amide bonds. The number of carbonyl (C=O) groups excluding carboxylic acids is 1. The van der Waals surface area contributed by atoms with E-state index in [1.54, 1.807) is 0 Å². The molecular formula is C12H9ClF4N2O3. The molecule has 0 spiro atoms. The summed E-state index contributed by atoms with van der Waals surface area (Å²) in [6.07, 6.45) is -7.93. The van der Waals surface area contributed by atoms with Gasteiger partial charge in [0, 0.05) is 11.4 Å². The number of hydrogen-bond acceptors (Lipinski definition) is 4. The molecule has 0 saturated heterocycles. The molecule has 1 aromatic rings. The summed E-state index contributed by atoms with van der Waals surface area (Å²) in [6.45, 7) is 0. The Morgan fingerprint density at radius 3 is 2.50 bits per heavy atom. The van der Waals surface area contributed by atoms with Gasteiger partial charge >= 0.3 is 0 Å². The number of aliphatic hydroxyl groups is 1. The van der Waals surface area contributed by atoms with E-state index in [0.717, 1.165) is 12.1 Å². The van der Waals surface area contributed by atoms with Gasteiger partial charge in [-0.3, -0.25) is 4.79 Å². The standard InChI is InChI=1S/C12H9ClF4N2O3/c13-5-1-2-6(8(20)3-5)10(21)19-12(22,11(16)17)4-7(18-19)9(14)15/h1-3,9,11,20,22H,4H2/t12-/m1/s1. The van der Waals surface area contributed by atoms with Crippen molar-refractivity contribution in [1.82, 2.24) is 5.01 Å². The molecule has 2 N–H and O–H groups in total. The third-order valence-corrected chi connectivity index (χ3v) is 3.26. The normalized spacial score (nSPS) is 21.6. The Morgan fingerprint density at radius 2 is 2.00 bits per heavy atom. The maximum atomic E-state index is 13.0. The number of alkyl halides is 4. The number of phenols is 1. The number of rotatable bonds is 3. The quantitative estimate of drug-likeness (QED) is 0.830. The maximum absolute atomic E-state index is 13.0. The fourth-order valence-electron chi connectivity index (χ4n) is 1.90. The molecule has 1 aromatic carbocycles. The molecule has 0 bridgehead atoms. The van der Waals surface area contributed by atoms with Crippen LogP contribution in [-0.2, 0) is 0 Å². The van der Waals surface area contributed by atoms with Crippen LogP contribution in [-0.4, -0.2) is 45.4 Å². The van der Waals surface area contributed by atoms with E-state index in [4.69, 9.17) is 11.6 Å². The molecule has 0 unspecified atom stereocenters. The van der Waals surface area contributed by atoms with Crippen LogP contribution in [0.4, 0.5) is 17.6 Å². The number of halogens is 5. The van der Waals surface area contributed by atoms with Crippen LogP contribution in [0.2, 0.25) is 5.02 Å². The highest BCUT2D eigenvalue weighted by Gasteiger charge is 2.53. The number of hydrazone groups is 1. The summed E-state index contributed by atoms with van der Waals surface area (Å²) < 4.78 is 51.3. The van der Waals surface area contributed by atoms with Crippen molar-refractivity contribution in [3.05, 3.63) is 28.8 Å². The average molecular weight is 341 g/mol. The van der Waals surface area contributed by atoms with E-state index in [-0.39, 0.29) is 10.0 Å². The largest absolute Gasteiger partial charge is 0.507 e. The molecule has 1 aliphatic rings. The Bertz CT molecular complexity index is 641. The van der Waals surface area contributed by atoms with Crippen LogP contribution < -0.4 is 0 Å². The smallest absolute Gasteiger partial charge is 0.287 e. The lowest BCUT2D eigenvalue weighted by atomic mass is 10.1. The summed E-state index contributed by atoms with van der Waals surface area (Å²) in [5.41, 5.74) is -4.76. The van der Waals surface area contributed by atoms with E-state index in [9.17, 15) is 32.6 Å². The first-order valence-electron chi connectivity index (χ1n) is 5.86. The van der Waals surface area contributed by atoms with Crippen molar-refractivity contribution in [2.75, 3.05) is 0 Å². The molecule has 2 rings (SSSR count). The van der Waals surface area contributed by atoms with Gasteiger partial charge in [0.2, 0.25) is 5.72 Å². The number of aromatic hydroxyl groups is 1. The summed E-state index contributed by atoms with van der Waals surface area (Å²) >= 11 is 5.57. The summed E-state index contributed by atoms with van der Waals surface area (Å²) in [4.78, 5) is 12.1. The van der Waals surface area contributed by atoms with Crippen LogP contribution in [0.15, 0.2) is 23.3 Å². The van der Waals surface area contributed by atoms with E-state index in [1.165, 1.54) is 6.07 Å². The predicted octanol–water partition coefficient (Wildman–Crippen LogP) is 2.47. The van der Waals surface area contributed by atoms with Crippen molar-refractivity contribution in [1.29, 1.82) is 0 Å². The van der Waals surface area contributed by atoms with Crippen LogP contribution >= 0.6 is 11.6 Å². The van der Waals surface area contributed by atoms with Gasteiger partial charge in [-0.15, -0.1) is 0 Å². The molecule has 0 fully saturated rings. The topological polar surface area (TPSA) is 73.1 Å². The molecule has 1 aliphatic heterocycles. The van der Waals surface area contributed by atoms with Gasteiger partial charge < -0.3 is 10.2 Å². The molecule has 120 valence electrons. The Balaban J connectivity index is 2.44. The van der Waals surface area contributed by atoms with Gasteiger partial charge in [-0.1, -0.05) is 11.6 Å². The first kappa shape index (κ1) is 16.5. The van der Waals surface area contributed by atoms with Crippen LogP contribution in [0.1, 0.15) is 16.8 Å². The monoisotopic (exact) mass is 340 g/mol. The highest BCUT2D eigenvalue weighted by molar-refractivity contribution is 6.30. The van der Waals surface area contributed by atoms with Gasteiger partial charge in [0.1, 0.15) is 11.5 Å². The van der Waals surface area contributed by atoms with Crippen molar-refractivity contribution in [3.8, 4) is 5.75 Å². The minimum Gasteiger partial charge on any atom is -0.507 e. The van der Waals surface area contributed by atoms with E-state index in [0.29, 0.717) is 0 Å².